The number of nitrogens with zero attached hydrogens (tertiary/aromatic N) is 3. The third-order valence-electron chi connectivity index (χ3n) is 28.6. The third kappa shape index (κ3) is 12.4. The van der Waals surface area contributed by atoms with Gasteiger partial charge in [-0.3, -0.25) is 0 Å². The van der Waals surface area contributed by atoms with Gasteiger partial charge in [-0.2, -0.15) is 0 Å². The molecule has 0 N–H and O–H groups in total. The molecular formula is C132H83N3. The molecule has 29 aromatic rings. The SMILES string of the molecule is c1cc(-c2c3ccccc3cc3ccccc23)cc(-n2c3ccc4ccccc4c3c3ccc4ccccc4c32)c1.c1ccc(-c2c3ccccc3c(-c3ccc(-n4c5c6ccccc6ccc5c5ccc6ccccc6c54)cc3)c3ccccc23)cc1.c1ccc(-c2c3ccccc3c(-c3ccccc3)c3cc(-n4c5ccc6ccccc6c5c5ccc6ccccc6c54)ccc23)cc1. The molecule has 0 bridgehead atoms. The van der Waals surface area contributed by atoms with Gasteiger partial charge in [0, 0.05) is 70.9 Å². The summed E-state index contributed by atoms with van der Waals surface area (Å²) in [6, 6.07) is 185. The van der Waals surface area contributed by atoms with Crippen molar-refractivity contribution in [1.82, 2.24) is 13.7 Å². The van der Waals surface area contributed by atoms with Gasteiger partial charge in [-0.15, -0.1) is 0 Å². The fourth-order valence-electron chi connectivity index (χ4n) is 22.8. The zero-order valence-electron chi connectivity index (χ0n) is 73.8. The van der Waals surface area contributed by atoms with E-state index in [0.29, 0.717) is 0 Å². The Morgan fingerprint density at radius 1 is 0.111 bits per heavy atom. The second-order valence-electron chi connectivity index (χ2n) is 35.9. The molecule has 0 aliphatic carbocycles. The van der Waals surface area contributed by atoms with E-state index in [2.05, 4.69) is 517 Å². The summed E-state index contributed by atoms with van der Waals surface area (Å²) in [5.74, 6) is 0. The molecule has 0 aliphatic heterocycles. The average Bonchev–Trinajstić information content (AvgIpc) is 1.68. The minimum Gasteiger partial charge on any atom is -0.309 e. The molecule has 0 atom stereocenters. The van der Waals surface area contributed by atoms with Gasteiger partial charge < -0.3 is 13.7 Å². The molecule has 3 aromatic heterocycles. The quantitative estimate of drug-likeness (QED) is 0.135. The first-order valence-electron chi connectivity index (χ1n) is 46.8. The van der Waals surface area contributed by atoms with E-state index < -0.39 is 0 Å². The molecule has 0 fully saturated rings. The highest BCUT2D eigenvalue weighted by Gasteiger charge is 2.26. The van der Waals surface area contributed by atoms with Crippen LogP contribution in [0.5, 0.6) is 0 Å². The Bertz CT molecular complexity index is 9730. The molecule has 626 valence electrons. The molecule has 3 heteroatoms. The predicted molar refractivity (Wildman–Crippen MR) is 580 cm³/mol. The number of hydrogen-bond acceptors (Lipinski definition) is 0. The van der Waals surface area contributed by atoms with Gasteiger partial charge in [0.25, 0.3) is 0 Å². The monoisotopic (exact) mass is 1710 g/mol. The van der Waals surface area contributed by atoms with Crippen molar-refractivity contribution in [2.24, 2.45) is 0 Å². The molecule has 0 aliphatic rings. The van der Waals surface area contributed by atoms with Crippen LogP contribution in [0.4, 0.5) is 0 Å². The summed E-state index contributed by atoms with van der Waals surface area (Å²) in [5.41, 5.74) is 23.5. The number of hydrogen-bond donors (Lipinski definition) is 0. The summed E-state index contributed by atoms with van der Waals surface area (Å²) in [4.78, 5) is 0. The topological polar surface area (TPSA) is 14.8 Å². The highest BCUT2D eigenvalue weighted by atomic mass is 15.0. The molecule has 135 heavy (non-hydrogen) atoms. The number of benzene rings is 26. The van der Waals surface area contributed by atoms with Gasteiger partial charge in [0.15, 0.2) is 0 Å². The highest BCUT2D eigenvalue weighted by molar-refractivity contribution is 6.31. The summed E-state index contributed by atoms with van der Waals surface area (Å²) in [6.45, 7) is 0. The third-order valence-corrected chi connectivity index (χ3v) is 28.6. The molecule has 0 unspecified atom stereocenters. The van der Waals surface area contributed by atoms with Crippen LogP contribution in [0.1, 0.15) is 0 Å². The standard InChI is InChI=1S/2C46H29N.C40H25N/c1-3-15-32(16-4-1)43-37-21-11-12-22-38(37)44(33-17-5-2-6-18-33)41-29-34(25-27-39(41)43)47-42-28-24-30-13-7-9-19-35(30)45(42)40-26-23-31-14-8-10-20-36(31)46(40)47;1-2-14-32(15-3-1)43-37-18-8-10-20-39(37)44(40-21-11-9-19-38(40)43)33-22-26-34(27-23-33)47-45-35-16-6-4-12-30(35)24-28-41(45)42-29-25-31-13-5-7-17-36(31)46(42)47;1-5-16-32-26(10-1)21-23-37-39(32)36-22-20-27-11-2-8-19-35(27)40(36)41(37)31-15-9-14-30(25-31)38-33-17-6-3-12-28(33)24-29-13-4-7-18-34(29)38/h2*1-29H;1-25H. The first-order valence-corrected chi connectivity index (χ1v) is 46.8. The summed E-state index contributed by atoms with van der Waals surface area (Å²) >= 11 is 0. The van der Waals surface area contributed by atoms with E-state index in [4.69, 9.17) is 0 Å². The van der Waals surface area contributed by atoms with Gasteiger partial charge in [0.05, 0.1) is 33.1 Å². The van der Waals surface area contributed by atoms with Crippen molar-refractivity contribution in [1.29, 1.82) is 0 Å². The van der Waals surface area contributed by atoms with Crippen molar-refractivity contribution in [3.8, 4) is 72.7 Å². The average molecular weight is 1710 g/mol. The molecule has 3 nitrogen and oxygen atoms in total. The van der Waals surface area contributed by atoms with E-state index in [1.165, 1.54) is 256 Å². The largest absolute Gasteiger partial charge is 0.309 e. The van der Waals surface area contributed by atoms with E-state index in [9.17, 15) is 0 Å². The van der Waals surface area contributed by atoms with Crippen LogP contribution in [0, 0.1) is 0 Å². The van der Waals surface area contributed by atoms with Crippen LogP contribution < -0.4 is 0 Å². The Kier molecular flexibility index (Phi) is 18.0. The van der Waals surface area contributed by atoms with Gasteiger partial charge in [-0.25, -0.2) is 0 Å². The summed E-state index contributed by atoms with van der Waals surface area (Å²) < 4.78 is 7.48. The normalized spacial score (nSPS) is 11.9. The minimum absolute atomic E-state index is 1.16. The summed E-state index contributed by atoms with van der Waals surface area (Å²) in [6.07, 6.45) is 0. The second kappa shape index (κ2) is 31.5. The summed E-state index contributed by atoms with van der Waals surface area (Å²) in [7, 11) is 0. The number of rotatable bonds is 8. The Hall–Kier alpha value is -17.8. The highest BCUT2D eigenvalue weighted by Crippen LogP contribution is 2.51. The Balaban J connectivity index is 0.000000103. The fraction of sp³-hybridized carbons (Fsp3) is 0. The maximum Gasteiger partial charge on any atom is 0.0619 e. The van der Waals surface area contributed by atoms with Crippen LogP contribution >= 0.6 is 0 Å². The lowest BCUT2D eigenvalue weighted by atomic mass is 9.86. The van der Waals surface area contributed by atoms with E-state index in [-0.39, 0.29) is 0 Å². The molecule has 0 amide bonds. The molecule has 0 radical (unpaired) electrons. The van der Waals surface area contributed by atoms with Crippen LogP contribution in [0.2, 0.25) is 0 Å². The predicted octanol–water partition coefficient (Wildman–Crippen LogP) is 36.5. The van der Waals surface area contributed by atoms with Gasteiger partial charge in [0.2, 0.25) is 0 Å². The maximum absolute atomic E-state index is 2.50. The van der Waals surface area contributed by atoms with E-state index in [1.807, 2.05) is 0 Å². The van der Waals surface area contributed by atoms with Crippen molar-refractivity contribution >= 4 is 195 Å². The first-order chi connectivity index (χ1) is 67.0. The van der Waals surface area contributed by atoms with E-state index in [0.717, 1.165) is 11.4 Å². The molecule has 29 rings (SSSR count). The Morgan fingerprint density at radius 2 is 0.363 bits per heavy atom. The van der Waals surface area contributed by atoms with Crippen molar-refractivity contribution in [2.75, 3.05) is 0 Å². The number of aromatic nitrogens is 3. The van der Waals surface area contributed by atoms with Crippen LogP contribution in [0.15, 0.2) is 504 Å². The van der Waals surface area contributed by atoms with Crippen LogP contribution in [0.3, 0.4) is 0 Å². The van der Waals surface area contributed by atoms with Gasteiger partial charge in [0.1, 0.15) is 0 Å². The van der Waals surface area contributed by atoms with Gasteiger partial charge in [-0.1, -0.05) is 449 Å². The fourth-order valence-corrected chi connectivity index (χ4v) is 22.8. The first kappa shape index (κ1) is 77.2. The molecule has 26 aromatic carbocycles. The van der Waals surface area contributed by atoms with Crippen LogP contribution in [-0.4, -0.2) is 13.7 Å². The van der Waals surface area contributed by atoms with Crippen molar-refractivity contribution in [3.63, 3.8) is 0 Å². The Labute approximate surface area is 779 Å². The van der Waals surface area contributed by atoms with E-state index >= 15 is 0 Å². The molecule has 3 heterocycles. The Morgan fingerprint density at radius 3 is 0.748 bits per heavy atom. The molecule has 0 saturated heterocycles. The van der Waals surface area contributed by atoms with Gasteiger partial charge >= 0.3 is 0 Å². The van der Waals surface area contributed by atoms with Gasteiger partial charge in [-0.05, 0) is 218 Å². The smallest absolute Gasteiger partial charge is 0.0619 e. The zero-order chi connectivity index (χ0) is 88.7. The lowest BCUT2D eigenvalue weighted by molar-refractivity contribution is 1.19. The van der Waals surface area contributed by atoms with Crippen molar-refractivity contribution < 1.29 is 0 Å². The minimum atomic E-state index is 1.16. The lowest BCUT2D eigenvalue weighted by Crippen LogP contribution is -1.97. The molecule has 0 spiro atoms. The second-order valence-corrected chi connectivity index (χ2v) is 35.9. The van der Waals surface area contributed by atoms with Crippen LogP contribution in [-0.2, 0) is 0 Å². The lowest BCUT2D eigenvalue weighted by Gasteiger charge is -2.19. The van der Waals surface area contributed by atoms with E-state index in [1.54, 1.807) is 0 Å². The molecule has 0 saturated carbocycles. The van der Waals surface area contributed by atoms with Crippen LogP contribution in [0.25, 0.3) is 267 Å². The van der Waals surface area contributed by atoms with Crippen molar-refractivity contribution in [2.45, 2.75) is 0 Å². The maximum atomic E-state index is 2.50. The summed E-state index contributed by atoms with van der Waals surface area (Å²) in [5, 5.41) is 38.1. The number of fused-ring (bicyclic) bond motifs is 27. The van der Waals surface area contributed by atoms with Crippen molar-refractivity contribution in [3.05, 3.63) is 504 Å². The zero-order valence-corrected chi connectivity index (χ0v) is 73.8. The molecular weight excluding hydrogens is 1630 g/mol.